The van der Waals surface area contributed by atoms with Gasteiger partial charge in [-0.3, -0.25) is 4.79 Å². The van der Waals surface area contributed by atoms with Gasteiger partial charge in [0, 0.05) is 12.5 Å². The first-order chi connectivity index (χ1) is 8.63. The SMILES string of the molecule is CC(CNC(=O)COc1ccccc1)C(N)=NO. The highest BCUT2D eigenvalue weighted by Gasteiger charge is 2.09. The van der Waals surface area contributed by atoms with E-state index in [2.05, 4.69) is 10.5 Å². The third-order valence-corrected chi connectivity index (χ3v) is 2.34. The summed E-state index contributed by atoms with van der Waals surface area (Å²) in [5, 5.41) is 14.0. The van der Waals surface area contributed by atoms with Crippen molar-refractivity contribution < 1.29 is 14.7 Å². The number of para-hydroxylation sites is 1. The van der Waals surface area contributed by atoms with E-state index in [1.807, 2.05) is 18.2 Å². The molecule has 1 aromatic carbocycles. The first-order valence-corrected chi connectivity index (χ1v) is 5.55. The summed E-state index contributed by atoms with van der Waals surface area (Å²) in [5.74, 6) is 0.239. The quantitative estimate of drug-likeness (QED) is 0.298. The monoisotopic (exact) mass is 251 g/mol. The number of amides is 1. The highest BCUT2D eigenvalue weighted by atomic mass is 16.5. The molecule has 1 amide bonds. The normalized spacial score (nSPS) is 12.8. The van der Waals surface area contributed by atoms with Gasteiger partial charge in [-0.15, -0.1) is 0 Å². The number of ether oxygens (including phenoxy) is 1. The van der Waals surface area contributed by atoms with E-state index in [1.165, 1.54) is 0 Å². The highest BCUT2D eigenvalue weighted by Crippen LogP contribution is 2.07. The zero-order valence-electron chi connectivity index (χ0n) is 10.2. The summed E-state index contributed by atoms with van der Waals surface area (Å²) in [6.45, 7) is 1.98. The molecule has 1 rings (SSSR count). The van der Waals surface area contributed by atoms with E-state index in [9.17, 15) is 4.79 Å². The summed E-state index contributed by atoms with van der Waals surface area (Å²) >= 11 is 0. The van der Waals surface area contributed by atoms with Crippen molar-refractivity contribution in [2.24, 2.45) is 16.8 Å². The van der Waals surface area contributed by atoms with Gasteiger partial charge in [0.25, 0.3) is 5.91 Å². The maximum absolute atomic E-state index is 11.5. The van der Waals surface area contributed by atoms with Crippen molar-refractivity contribution in [3.8, 4) is 5.75 Å². The van der Waals surface area contributed by atoms with Crippen LogP contribution in [0.5, 0.6) is 5.75 Å². The number of carbonyl (C=O) groups is 1. The standard InChI is InChI=1S/C12H17N3O3/c1-9(12(13)15-17)7-14-11(16)8-18-10-5-3-2-4-6-10/h2-6,9,17H,7-8H2,1H3,(H2,13,15)(H,14,16). The molecule has 0 aliphatic carbocycles. The van der Waals surface area contributed by atoms with Gasteiger partial charge in [-0.25, -0.2) is 0 Å². The van der Waals surface area contributed by atoms with Crippen LogP contribution in [0, 0.1) is 5.92 Å². The number of benzene rings is 1. The zero-order valence-corrected chi connectivity index (χ0v) is 10.2. The van der Waals surface area contributed by atoms with Crippen LogP contribution in [-0.2, 0) is 4.79 Å². The fraction of sp³-hybridized carbons (Fsp3) is 0.333. The molecule has 0 heterocycles. The van der Waals surface area contributed by atoms with Crippen molar-refractivity contribution in [1.82, 2.24) is 5.32 Å². The molecule has 0 aliphatic rings. The zero-order chi connectivity index (χ0) is 13.4. The Bertz CT molecular complexity index is 406. The van der Waals surface area contributed by atoms with Crippen LogP contribution in [0.4, 0.5) is 0 Å². The number of hydrogen-bond acceptors (Lipinski definition) is 4. The lowest BCUT2D eigenvalue weighted by molar-refractivity contribution is -0.123. The molecule has 1 aromatic rings. The Morgan fingerprint density at radius 3 is 2.78 bits per heavy atom. The molecule has 0 saturated heterocycles. The van der Waals surface area contributed by atoms with Gasteiger partial charge in [-0.2, -0.15) is 0 Å². The Kier molecular flexibility index (Phi) is 5.50. The Morgan fingerprint density at radius 1 is 1.50 bits per heavy atom. The van der Waals surface area contributed by atoms with E-state index < -0.39 is 0 Å². The second-order valence-electron chi connectivity index (χ2n) is 3.83. The number of nitrogens with two attached hydrogens (primary N) is 1. The first kappa shape index (κ1) is 13.8. The number of nitrogens with zero attached hydrogens (tertiary/aromatic N) is 1. The van der Waals surface area contributed by atoms with Crippen LogP contribution in [0.1, 0.15) is 6.92 Å². The predicted molar refractivity (Wildman–Crippen MR) is 67.5 cm³/mol. The third-order valence-electron chi connectivity index (χ3n) is 2.34. The fourth-order valence-electron chi connectivity index (χ4n) is 1.19. The van der Waals surface area contributed by atoms with Crippen LogP contribution in [0.25, 0.3) is 0 Å². The Labute approximate surface area is 105 Å². The van der Waals surface area contributed by atoms with Gasteiger partial charge in [0.2, 0.25) is 0 Å². The van der Waals surface area contributed by atoms with E-state index in [1.54, 1.807) is 19.1 Å². The summed E-state index contributed by atoms with van der Waals surface area (Å²) in [6, 6.07) is 9.06. The lowest BCUT2D eigenvalue weighted by Crippen LogP contribution is -2.36. The minimum Gasteiger partial charge on any atom is -0.484 e. The molecule has 0 fully saturated rings. The molecule has 1 unspecified atom stereocenters. The molecule has 6 nitrogen and oxygen atoms in total. The molecule has 4 N–H and O–H groups in total. The van der Waals surface area contributed by atoms with Crippen molar-refractivity contribution in [2.45, 2.75) is 6.92 Å². The minimum absolute atomic E-state index is 0.0626. The fourth-order valence-corrected chi connectivity index (χ4v) is 1.19. The van der Waals surface area contributed by atoms with E-state index in [-0.39, 0.29) is 24.3 Å². The van der Waals surface area contributed by atoms with Crippen LogP contribution in [0.15, 0.2) is 35.5 Å². The molecular formula is C12H17N3O3. The molecular weight excluding hydrogens is 234 g/mol. The molecule has 0 aliphatic heterocycles. The van der Waals surface area contributed by atoms with E-state index >= 15 is 0 Å². The van der Waals surface area contributed by atoms with Crippen molar-refractivity contribution >= 4 is 11.7 Å². The van der Waals surface area contributed by atoms with Crippen LogP contribution in [-0.4, -0.2) is 30.1 Å². The van der Waals surface area contributed by atoms with Crippen molar-refractivity contribution in [1.29, 1.82) is 0 Å². The average Bonchev–Trinajstić information content (AvgIpc) is 2.42. The number of oxime groups is 1. The molecule has 0 aromatic heterocycles. The highest BCUT2D eigenvalue weighted by molar-refractivity contribution is 5.83. The number of amidine groups is 1. The summed E-state index contributed by atoms with van der Waals surface area (Å²) in [4.78, 5) is 11.5. The Balaban J connectivity index is 2.26. The summed E-state index contributed by atoms with van der Waals surface area (Å²) in [5.41, 5.74) is 5.39. The predicted octanol–water partition coefficient (Wildman–Crippen LogP) is 0.564. The van der Waals surface area contributed by atoms with E-state index in [0.717, 1.165) is 0 Å². The summed E-state index contributed by atoms with van der Waals surface area (Å²) in [6.07, 6.45) is 0. The van der Waals surface area contributed by atoms with Gasteiger partial charge in [-0.05, 0) is 12.1 Å². The van der Waals surface area contributed by atoms with Gasteiger partial charge < -0.3 is 21.0 Å². The minimum atomic E-state index is -0.253. The smallest absolute Gasteiger partial charge is 0.257 e. The van der Waals surface area contributed by atoms with Crippen LogP contribution in [0.2, 0.25) is 0 Å². The lowest BCUT2D eigenvalue weighted by Gasteiger charge is -2.11. The molecule has 0 saturated carbocycles. The molecule has 0 radical (unpaired) electrons. The van der Waals surface area contributed by atoms with Crippen LogP contribution >= 0.6 is 0 Å². The topological polar surface area (TPSA) is 96.9 Å². The van der Waals surface area contributed by atoms with E-state index in [4.69, 9.17) is 15.7 Å². The van der Waals surface area contributed by atoms with Crippen LogP contribution < -0.4 is 15.8 Å². The van der Waals surface area contributed by atoms with Crippen molar-refractivity contribution in [3.05, 3.63) is 30.3 Å². The van der Waals surface area contributed by atoms with Crippen LogP contribution in [0.3, 0.4) is 0 Å². The number of hydrogen-bond donors (Lipinski definition) is 3. The number of nitrogens with one attached hydrogen (secondary N) is 1. The summed E-state index contributed by atoms with van der Waals surface area (Å²) < 4.78 is 5.26. The molecule has 18 heavy (non-hydrogen) atoms. The summed E-state index contributed by atoms with van der Waals surface area (Å²) in [7, 11) is 0. The second-order valence-corrected chi connectivity index (χ2v) is 3.83. The van der Waals surface area contributed by atoms with Gasteiger partial charge >= 0.3 is 0 Å². The number of rotatable bonds is 6. The molecule has 98 valence electrons. The lowest BCUT2D eigenvalue weighted by atomic mass is 10.1. The van der Waals surface area contributed by atoms with Gasteiger partial charge in [0.15, 0.2) is 6.61 Å². The maximum Gasteiger partial charge on any atom is 0.257 e. The first-order valence-electron chi connectivity index (χ1n) is 5.55. The maximum atomic E-state index is 11.5. The molecule has 0 spiro atoms. The molecule has 1 atom stereocenters. The van der Waals surface area contributed by atoms with Gasteiger partial charge in [-0.1, -0.05) is 30.3 Å². The van der Waals surface area contributed by atoms with Crippen molar-refractivity contribution in [3.63, 3.8) is 0 Å². The second kappa shape index (κ2) is 7.16. The van der Waals surface area contributed by atoms with Crippen molar-refractivity contribution in [2.75, 3.05) is 13.2 Å². The molecule has 6 heteroatoms. The Morgan fingerprint density at radius 2 is 2.17 bits per heavy atom. The third kappa shape index (κ3) is 4.73. The molecule has 0 bridgehead atoms. The number of carbonyl (C=O) groups excluding carboxylic acids is 1. The van der Waals surface area contributed by atoms with Gasteiger partial charge in [0.1, 0.15) is 11.6 Å². The van der Waals surface area contributed by atoms with Gasteiger partial charge in [0.05, 0.1) is 0 Å². The average molecular weight is 251 g/mol. The largest absolute Gasteiger partial charge is 0.484 e. The van der Waals surface area contributed by atoms with E-state index in [0.29, 0.717) is 12.3 Å². The Hall–Kier alpha value is -2.24.